The third-order valence-electron chi connectivity index (χ3n) is 5.68. The van der Waals surface area contributed by atoms with Crippen LogP contribution in [0.1, 0.15) is 46.4 Å². The van der Waals surface area contributed by atoms with Gasteiger partial charge in [-0.3, -0.25) is 4.68 Å². The molecule has 0 aliphatic carbocycles. The summed E-state index contributed by atoms with van der Waals surface area (Å²) in [6.07, 6.45) is 7.76. The van der Waals surface area contributed by atoms with E-state index in [9.17, 15) is 0 Å². The normalized spacial score (nSPS) is 12.5. The molecule has 0 bridgehead atoms. The van der Waals surface area contributed by atoms with Crippen molar-refractivity contribution in [3.63, 3.8) is 0 Å². The molecule has 0 atom stereocenters. The van der Waals surface area contributed by atoms with E-state index in [1.165, 1.54) is 0 Å². The molecule has 0 aliphatic rings. The lowest BCUT2D eigenvalue weighted by molar-refractivity contribution is 0.408. The van der Waals surface area contributed by atoms with Gasteiger partial charge in [0, 0.05) is 35.1 Å². The minimum Gasteiger partial charge on any atom is -0.344 e. The van der Waals surface area contributed by atoms with Crippen molar-refractivity contribution in [1.82, 2.24) is 34.3 Å². The number of aromatic amines is 1. The average Bonchev–Trinajstić information content (AvgIpc) is 3.42. The molecule has 158 valence electrons. The maximum Gasteiger partial charge on any atom is 0.156 e. The standard InChI is InChI=1S/C24H27N7/c1-14(2)31-12-18(15(3)29-31)20-11-26-23-22(28-20)17(10-25-23)16-7-8-19-21(9-16)30(13-27-19)24(4,5)6/h7-14H,1-6H3,(H,25,26). The van der Waals surface area contributed by atoms with Crippen molar-refractivity contribution in [2.75, 3.05) is 0 Å². The average molecular weight is 414 g/mol. The predicted molar refractivity (Wildman–Crippen MR) is 124 cm³/mol. The first-order valence-corrected chi connectivity index (χ1v) is 10.6. The summed E-state index contributed by atoms with van der Waals surface area (Å²) in [4.78, 5) is 17.5. The molecule has 5 rings (SSSR count). The number of aryl methyl sites for hydroxylation is 1. The van der Waals surface area contributed by atoms with Crippen LogP contribution >= 0.6 is 0 Å². The molecule has 0 aliphatic heterocycles. The fourth-order valence-corrected chi connectivity index (χ4v) is 3.95. The Bertz CT molecular complexity index is 1410. The van der Waals surface area contributed by atoms with Crippen LogP contribution in [0.25, 0.3) is 44.6 Å². The van der Waals surface area contributed by atoms with Gasteiger partial charge in [0.1, 0.15) is 5.52 Å². The van der Waals surface area contributed by atoms with Crippen LogP contribution in [0.15, 0.2) is 43.1 Å². The Kier molecular flexibility index (Phi) is 4.25. The zero-order valence-corrected chi connectivity index (χ0v) is 18.8. The minimum absolute atomic E-state index is 0.0470. The van der Waals surface area contributed by atoms with Crippen LogP contribution in [0, 0.1) is 6.92 Å². The fourth-order valence-electron chi connectivity index (χ4n) is 3.95. The van der Waals surface area contributed by atoms with Crippen LogP contribution in [0.4, 0.5) is 0 Å². The smallest absolute Gasteiger partial charge is 0.156 e. The van der Waals surface area contributed by atoms with Gasteiger partial charge in [-0.1, -0.05) is 6.07 Å². The lowest BCUT2D eigenvalue weighted by atomic mass is 10.1. The van der Waals surface area contributed by atoms with Crippen molar-refractivity contribution in [2.45, 2.75) is 53.1 Å². The number of aromatic nitrogens is 7. The SMILES string of the molecule is Cc1nn(C(C)C)cc1-c1cnc2[nH]cc(-c3ccc4ncn(C(C)(C)C)c4c3)c2n1. The van der Waals surface area contributed by atoms with Crippen molar-refractivity contribution >= 4 is 22.2 Å². The highest BCUT2D eigenvalue weighted by Gasteiger charge is 2.18. The molecular weight excluding hydrogens is 386 g/mol. The lowest BCUT2D eigenvalue weighted by Crippen LogP contribution is -2.20. The highest BCUT2D eigenvalue weighted by molar-refractivity contribution is 5.94. The number of H-pyrrole nitrogens is 1. The zero-order valence-electron chi connectivity index (χ0n) is 18.8. The van der Waals surface area contributed by atoms with Crippen LogP contribution in [-0.4, -0.2) is 34.3 Å². The number of rotatable bonds is 3. The van der Waals surface area contributed by atoms with Crippen LogP contribution in [0.3, 0.4) is 0 Å². The maximum absolute atomic E-state index is 4.98. The van der Waals surface area contributed by atoms with E-state index in [4.69, 9.17) is 4.98 Å². The van der Waals surface area contributed by atoms with Crippen molar-refractivity contribution in [3.8, 4) is 22.4 Å². The number of hydrogen-bond acceptors (Lipinski definition) is 4. The van der Waals surface area contributed by atoms with Crippen molar-refractivity contribution in [3.05, 3.63) is 48.8 Å². The summed E-state index contributed by atoms with van der Waals surface area (Å²) in [6.45, 7) is 12.8. The van der Waals surface area contributed by atoms with Crippen LogP contribution in [-0.2, 0) is 5.54 Å². The van der Waals surface area contributed by atoms with Gasteiger partial charge in [-0.15, -0.1) is 0 Å². The fraction of sp³-hybridized carbons (Fsp3) is 0.333. The topological polar surface area (TPSA) is 77.2 Å². The second-order valence-electron chi connectivity index (χ2n) is 9.35. The molecule has 7 heteroatoms. The Balaban J connectivity index is 1.65. The molecule has 7 nitrogen and oxygen atoms in total. The molecule has 0 spiro atoms. The minimum atomic E-state index is -0.0470. The molecule has 4 heterocycles. The third kappa shape index (κ3) is 3.21. The number of nitrogens with one attached hydrogen (secondary N) is 1. The first kappa shape index (κ1) is 19.5. The monoisotopic (exact) mass is 413 g/mol. The van der Waals surface area contributed by atoms with Crippen molar-refractivity contribution < 1.29 is 0 Å². The van der Waals surface area contributed by atoms with Gasteiger partial charge < -0.3 is 9.55 Å². The van der Waals surface area contributed by atoms with Gasteiger partial charge in [0.05, 0.1) is 34.9 Å². The summed E-state index contributed by atoms with van der Waals surface area (Å²) >= 11 is 0. The molecule has 1 aromatic carbocycles. The Hall–Kier alpha value is -3.48. The van der Waals surface area contributed by atoms with Gasteiger partial charge in [0.2, 0.25) is 0 Å². The number of hydrogen-bond donors (Lipinski definition) is 1. The van der Waals surface area contributed by atoms with Crippen molar-refractivity contribution in [1.29, 1.82) is 0 Å². The summed E-state index contributed by atoms with van der Waals surface area (Å²) in [7, 11) is 0. The first-order valence-electron chi connectivity index (χ1n) is 10.6. The number of benzene rings is 1. The van der Waals surface area contributed by atoms with E-state index in [1.54, 1.807) is 0 Å². The van der Waals surface area contributed by atoms with E-state index in [1.807, 2.05) is 30.3 Å². The van der Waals surface area contributed by atoms with Crippen LogP contribution < -0.4 is 0 Å². The number of imidazole rings is 1. The largest absolute Gasteiger partial charge is 0.344 e. The molecule has 0 radical (unpaired) electrons. The van der Waals surface area contributed by atoms with E-state index in [2.05, 4.69) is 83.6 Å². The Morgan fingerprint density at radius 1 is 1.06 bits per heavy atom. The summed E-state index contributed by atoms with van der Waals surface area (Å²) in [6, 6.07) is 6.65. The lowest BCUT2D eigenvalue weighted by Gasteiger charge is -2.21. The van der Waals surface area contributed by atoms with E-state index < -0.39 is 0 Å². The molecule has 5 aromatic rings. The molecule has 1 N–H and O–H groups in total. The van der Waals surface area contributed by atoms with Gasteiger partial charge in [-0.05, 0) is 59.2 Å². The molecule has 0 saturated heterocycles. The second kappa shape index (κ2) is 6.77. The van der Waals surface area contributed by atoms with Gasteiger partial charge >= 0.3 is 0 Å². The summed E-state index contributed by atoms with van der Waals surface area (Å²) in [5.74, 6) is 0. The molecule has 4 aromatic heterocycles. The third-order valence-corrected chi connectivity index (χ3v) is 5.68. The predicted octanol–water partition coefficient (Wildman–Crippen LogP) is 5.48. The Morgan fingerprint density at radius 3 is 2.58 bits per heavy atom. The maximum atomic E-state index is 4.98. The van der Waals surface area contributed by atoms with E-state index >= 15 is 0 Å². The Morgan fingerprint density at radius 2 is 1.87 bits per heavy atom. The van der Waals surface area contributed by atoms with Gasteiger partial charge in [0.15, 0.2) is 5.65 Å². The highest BCUT2D eigenvalue weighted by atomic mass is 15.3. The molecule has 31 heavy (non-hydrogen) atoms. The zero-order chi connectivity index (χ0) is 21.9. The number of fused-ring (bicyclic) bond motifs is 2. The quantitative estimate of drug-likeness (QED) is 0.425. The summed E-state index contributed by atoms with van der Waals surface area (Å²) < 4.78 is 4.18. The van der Waals surface area contributed by atoms with Crippen LogP contribution in [0.2, 0.25) is 0 Å². The van der Waals surface area contributed by atoms with E-state index in [-0.39, 0.29) is 5.54 Å². The molecule has 0 fully saturated rings. The van der Waals surface area contributed by atoms with Crippen LogP contribution in [0.5, 0.6) is 0 Å². The second-order valence-corrected chi connectivity index (χ2v) is 9.35. The van der Waals surface area contributed by atoms with Gasteiger partial charge in [0.25, 0.3) is 0 Å². The van der Waals surface area contributed by atoms with Gasteiger partial charge in [-0.2, -0.15) is 5.10 Å². The molecular formula is C24H27N7. The van der Waals surface area contributed by atoms with E-state index in [0.29, 0.717) is 6.04 Å². The molecule has 0 unspecified atom stereocenters. The number of nitrogens with zero attached hydrogens (tertiary/aromatic N) is 6. The molecule has 0 saturated carbocycles. The molecule has 0 amide bonds. The Labute approximate surface area is 181 Å². The van der Waals surface area contributed by atoms with E-state index in [0.717, 1.165) is 50.3 Å². The summed E-state index contributed by atoms with van der Waals surface area (Å²) in [5, 5.41) is 4.63. The highest BCUT2D eigenvalue weighted by Crippen LogP contribution is 2.32. The van der Waals surface area contributed by atoms with Gasteiger partial charge in [-0.25, -0.2) is 15.0 Å². The summed E-state index contributed by atoms with van der Waals surface area (Å²) in [5.41, 5.74) is 8.60. The van der Waals surface area contributed by atoms with Crippen molar-refractivity contribution in [2.24, 2.45) is 0 Å². The first-order chi connectivity index (χ1) is 14.7.